The van der Waals surface area contributed by atoms with Crippen LogP contribution in [0.15, 0.2) is 41.5 Å². The Bertz CT molecular complexity index is 2520. The molecule has 4 N–H and O–H groups in total. The number of nitrogens with zero attached hydrogens (tertiary/aromatic N) is 3. The molecule has 0 radical (unpaired) electrons. The second kappa shape index (κ2) is 29.4. The zero-order valence-electron chi connectivity index (χ0n) is 51.0. The fourth-order valence-corrected chi connectivity index (χ4v) is 12.3. The summed E-state index contributed by atoms with van der Waals surface area (Å²) in [5.74, 6) is -4.52. The van der Waals surface area contributed by atoms with Crippen LogP contribution in [0.5, 0.6) is 0 Å². The molecule has 4 aliphatic rings. The van der Waals surface area contributed by atoms with E-state index in [2.05, 4.69) is 10.2 Å². The molecule has 21 heteroatoms. The molecule has 1 aromatic heterocycles. The number of fused-ring (bicyclic) bond motifs is 1. The van der Waals surface area contributed by atoms with E-state index in [1.54, 1.807) is 39.8 Å². The summed E-state index contributed by atoms with van der Waals surface area (Å²) >= 11 is 0. The van der Waals surface area contributed by atoms with E-state index in [1.807, 2.05) is 84.3 Å². The minimum atomic E-state index is -1.81. The molecule has 6 rings (SSSR count). The first-order valence-electron chi connectivity index (χ1n) is 29.7. The summed E-state index contributed by atoms with van der Waals surface area (Å²) in [6.45, 7) is 20.7. The Morgan fingerprint density at radius 3 is 2.30 bits per heavy atom. The first-order chi connectivity index (χ1) is 38.7. The number of esters is 4. The maximum Gasteiger partial charge on any atom is 0.344 e. The van der Waals surface area contributed by atoms with Crippen molar-refractivity contribution in [2.75, 3.05) is 66.0 Å². The van der Waals surface area contributed by atoms with Crippen LogP contribution in [-0.4, -0.2) is 193 Å². The number of rotatable bonds is 20. The van der Waals surface area contributed by atoms with Gasteiger partial charge >= 0.3 is 23.9 Å². The van der Waals surface area contributed by atoms with Crippen LogP contribution in [0, 0.1) is 23.7 Å². The van der Waals surface area contributed by atoms with Gasteiger partial charge < -0.3 is 77.6 Å². The van der Waals surface area contributed by atoms with Crippen molar-refractivity contribution in [2.24, 2.45) is 23.7 Å². The number of benzene rings is 1. The number of cyclic esters (lactones) is 1. The summed E-state index contributed by atoms with van der Waals surface area (Å²) in [7, 11) is 5.92. The van der Waals surface area contributed by atoms with Gasteiger partial charge in [0.05, 0.1) is 74.0 Å². The number of nitrogens with one attached hydrogen (secondary N) is 1. The molecule has 1 unspecified atom stereocenters. The highest BCUT2D eigenvalue weighted by Crippen LogP contribution is 2.40. The molecule has 1 saturated carbocycles. The van der Waals surface area contributed by atoms with Gasteiger partial charge in [-0.05, 0) is 144 Å². The number of hydrogen-bond acceptors (Lipinski definition) is 20. The molecule has 4 fully saturated rings. The molecule has 0 amide bonds. The lowest BCUT2D eigenvalue weighted by Crippen LogP contribution is -2.59. The predicted octanol–water partition coefficient (Wildman–Crippen LogP) is 6.16. The van der Waals surface area contributed by atoms with Crippen LogP contribution in [0.25, 0.3) is 10.9 Å². The van der Waals surface area contributed by atoms with Gasteiger partial charge in [-0.2, -0.15) is 0 Å². The minimum absolute atomic E-state index is 0.00493. The number of aliphatic hydroxyl groups is 3. The maximum atomic E-state index is 14.4. The van der Waals surface area contributed by atoms with Gasteiger partial charge in [0.25, 0.3) is 0 Å². The molecule has 1 aliphatic carbocycles. The SMILES string of the molecule is CCOC(=O)COC(=O)c1cn(C2CC2)c2ccc(NCCOCCC(=O)O[C@H]3[C@H](C)OC(/C=C/O[C@H]4[C@H](C)[C@@H](O[C@H]5C[C@@H](N(C)C)C[C@@H](C)O5)[C@](C)(O)C[C@@H](C)CN(C)[C@H](C)[C@@H](O)[C@](C)(O)[C@@H](CC)OC(=O)[C@@H]4C)C[C@@H]3C)cc2c1=O. The van der Waals surface area contributed by atoms with Gasteiger partial charge in [0.1, 0.15) is 35.6 Å². The molecular weight excluding hydrogens is 1060 g/mol. The van der Waals surface area contributed by atoms with Crippen LogP contribution < -0.4 is 10.7 Å². The highest BCUT2D eigenvalue weighted by Gasteiger charge is 2.50. The molecule has 4 heterocycles. The Morgan fingerprint density at radius 2 is 1.65 bits per heavy atom. The predicted molar refractivity (Wildman–Crippen MR) is 307 cm³/mol. The lowest BCUT2D eigenvalue weighted by atomic mass is 9.78. The number of ether oxygens (including phenoxy) is 9. The third kappa shape index (κ3) is 17.2. The van der Waals surface area contributed by atoms with Gasteiger partial charge in [0.15, 0.2) is 12.9 Å². The summed E-state index contributed by atoms with van der Waals surface area (Å²) in [5.41, 5.74) is -2.64. The van der Waals surface area contributed by atoms with Gasteiger partial charge in [0.2, 0.25) is 5.43 Å². The highest BCUT2D eigenvalue weighted by molar-refractivity contribution is 5.95. The van der Waals surface area contributed by atoms with E-state index in [4.69, 9.17) is 42.6 Å². The highest BCUT2D eigenvalue weighted by atomic mass is 16.7. The van der Waals surface area contributed by atoms with Crippen molar-refractivity contribution in [1.29, 1.82) is 0 Å². The maximum absolute atomic E-state index is 14.4. The number of carbonyl (C=O) groups is 4. The van der Waals surface area contributed by atoms with E-state index in [0.29, 0.717) is 48.9 Å². The van der Waals surface area contributed by atoms with E-state index < -0.39 is 114 Å². The second-order valence-electron chi connectivity index (χ2n) is 24.4. The lowest BCUT2D eigenvalue weighted by molar-refractivity contribution is -0.267. The largest absolute Gasteiger partial charge is 0.497 e. The average Bonchev–Trinajstić information content (AvgIpc) is 4.38. The summed E-state index contributed by atoms with van der Waals surface area (Å²) in [6.07, 6.45) is 2.56. The third-order valence-corrected chi connectivity index (χ3v) is 17.0. The van der Waals surface area contributed by atoms with Gasteiger partial charge in [-0.3, -0.25) is 14.4 Å². The third-order valence-electron chi connectivity index (χ3n) is 17.0. The zero-order valence-corrected chi connectivity index (χ0v) is 51.0. The standard InChI is InChI=1S/C61H96N4O17/c1-15-49-61(11,73)56(69)40(8)64(14)32-35(3)31-60(10,72)57(82-52-30-44(63(12)13)28-37(5)78-52)38(6)55(39(7)58(70)80-49)76-25-21-45-27-36(4)54(41(9)79-45)81-50(66)22-24-74-26-23-62-42-17-20-48-46(29-42)53(68)47(33-65(48)43-18-19-43)59(71)77-34-51(67)75-16-2/h17,20-21,25,29,33,35-41,43-45,49,52,54-57,62,69,72-73H,15-16,18-19,22-24,26-28,30-32,34H2,1-14H3/b25-21+/t35-,36+,37-,38+,39-,40-,41+,44+,45?,49-,52+,54-,55+,56-,57-,60-,61-/m1/s1. The molecule has 462 valence electrons. The first-order valence-corrected chi connectivity index (χ1v) is 29.7. The number of anilines is 1. The Morgan fingerprint density at radius 1 is 0.927 bits per heavy atom. The van der Waals surface area contributed by atoms with Crippen LogP contribution in [0.4, 0.5) is 5.69 Å². The number of pyridine rings is 1. The van der Waals surface area contributed by atoms with Crippen LogP contribution in [0.1, 0.15) is 144 Å². The minimum Gasteiger partial charge on any atom is -0.497 e. The molecule has 0 bridgehead atoms. The first kappa shape index (κ1) is 66.4. The van der Waals surface area contributed by atoms with Gasteiger partial charge in [0, 0.05) is 60.8 Å². The van der Waals surface area contributed by atoms with Crippen LogP contribution in [-0.2, 0) is 57.0 Å². The monoisotopic (exact) mass is 1160 g/mol. The smallest absolute Gasteiger partial charge is 0.344 e. The number of aromatic nitrogens is 1. The topological polar surface area (TPSA) is 253 Å². The molecular formula is C61H96N4O17. The Balaban J connectivity index is 1.07. The van der Waals surface area contributed by atoms with Crippen LogP contribution in [0.3, 0.4) is 0 Å². The Labute approximate surface area is 484 Å². The van der Waals surface area contributed by atoms with Crippen molar-refractivity contribution in [1.82, 2.24) is 14.4 Å². The normalized spacial score (nSPS) is 34.7. The lowest BCUT2D eigenvalue weighted by Gasteiger charge is -2.45. The Kier molecular flexibility index (Phi) is 23.8. The molecule has 0 spiro atoms. The summed E-state index contributed by atoms with van der Waals surface area (Å²) in [6, 6.07) is 5.13. The fraction of sp³-hybridized carbons (Fsp3) is 0.754. The van der Waals surface area contributed by atoms with Crippen molar-refractivity contribution in [2.45, 2.75) is 212 Å². The van der Waals surface area contributed by atoms with Crippen molar-refractivity contribution < 1.29 is 77.1 Å². The van der Waals surface area contributed by atoms with Crippen LogP contribution >= 0.6 is 0 Å². The quantitative estimate of drug-likeness (QED) is 0.0502. The number of likely N-dealkylation sites (N-methyl/N-ethyl adjacent to an activating group) is 1. The zero-order chi connectivity index (χ0) is 60.4. The van der Waals surface area contributed by atoms with Crippen molar-refractivity contribution >= 4 is 40.5 Å². The van der Waals surface area contributed by atoms with E-state index in [1.165, 1.54) is 19.4 Å². The molecule has 21 nitrogen and oxygen atoms in total. The van der Waals surface area contributed by atoms with E-state index in [0.717, 1.165) is 19.3 Å². The Hall–Kier alpha value is -4.71. The van der Waals surface area contributed by atoms with Gasteiger partial charge in [-0.1, -0.05) is 27.7 Å². The summed E-state index contributed by atoms with van der Waals surface area (Å²) in [5, 5.41) is 39.7. The molecule has 3 saturated heterocycles. The van der Waals surface area contributed by atoms with E-state index in [9.17, 15) is 39.3 Å². The van der Waals surface area contributed by atoms with Gasteiger partial charge in [-0.25, -0.2) is 9.59 Å². The summed E-state index contributed by atoms with van der Waals surface area (Å²) in [4.78, 5) is 69.9. The summed E-state index contributed by atoms with van der Waals surface area (Å²) < 4.78 is 56.0. The van der Waals surface area contributed by atoms with Crippen molar-refractivity contribution in [3.8, 4) is 0 Å². The molecule has 82 heavy (non-hydrogen) atoms. The molecule has 17 atom stereocenters. The number of carbonyl (C=O) groups excluding carboxylic acids is 4. The van der Waals surface area contributed by atoms with E-state index >= 15 is 0 Å². The van der Waals surface area contributed by atoms with Crippen LogP contribution in [0.2, 0.25) is 0 Å². The number of aliphatic hydroxyl groups excluding tert-OH is 1. The van der Waals surface area contributed by atoms with Crippen molar-refractivity contribution in [3.63, 3.8) is 0 Å². The average molecular weight is 1160 g/mol. The van der Waals surface area contributed by atoms with Crippen molar-refractivity contribution in [3.05, 3.63) is 52.5 Å². The molecule has 3 aliphatic heterocycles. The number of hydrogen-bond donors (Lipinski definition) is 4. The molecule has 2 aromatic rings. The van der Waals surface area contributed by atoms with Gasteiger partial charge in [-0.15, -0.1) is 0 Å². The fourth-order valence-electron chi connectivity index (χ4n) is 12.3. The van der Waals surface area contributed by atoms with E-state index in [-0.39, 0.29) is 68.2 Å². The molecule has 1 aromatic carbocycles. The second-order valence-corrected chi connectivity index (χ2v) is 24.4.